The number of aliphatic imine (C=N–C) groups is 1. The standard InChI is InChI=1S/C24H38N4O20P2.2Na/c1-9(22(36)42-4)25-20(35)10(2)44-19-15(26-11(3)30)23(46-12(7-29)17(19)33)47-50(40,41)48-49(38,39)43-8-13-16(32)18(34)21(45-13)28-6-5-14(31)27-24(28)37;;/h5-6,9-10,12-13,15-19,21,23,29,32-34H,7-8H2,1-4H3,(H,25,35)(H,26,30)(H,38,39)(H,40,41)(H,27,31,37);;/q;2*+1/p-2/t9-,10+,12+,13+,15+,16+,17+,18+,19+,21+,23+;;/m0../s1. The summed E-state index contributed by atoms with van der Waals surface area (Å²) in [6, 6.07) is -2.18. The topological polar surface area (TPSA) is 360 Å². The van der Waals surface area contributed by atoms with Crippen LogP contribution in [0.4, 0.5) is 0 Å². The molecule has 13 atom stereocenters. The van der Waals surface area contributed by atoms with Gasteiger partial charge in [-0.05, 0) is 38.6 Å². The molecule has 28 heteroatoms. The van der Waals surface area contributed by atoms with E-state index in [4.69, 9.17) is 18.7 Å². The zero-order valence-corrected chi connectivity index (χ0v) is 34.3. The van der Waals surface area contributed by atoms with Gasteiger partial charge in [-0.3, -0.25) is 23.4 Å². The van der Waals surface area contributed by atoms with Crippen molar-refractivity contribution in [3.05, 3.63) is 22.7 Å². The molecule has 2 aliphatic heterocycles. The van der Waals surface area contributed by atoms with Gasteiger partial charge in [0, 0.05) is 6.20 Å². The average Bonchev–Trinajstić information content (AvgIpc) is 3.30. The van der Waals surface area contributed by atoms with Crippen LogP contribution in [-0.4, -0.2) is 139 Å². The number of nitrogens with one attached hydrogen (secondary N) is 1. The molecule has 0 bridgehead atoms. The maximum atomic E-state index is 12.9. The minimum Gasteiger partial charge on any atom is -0.862 e. The van der Waals surface area contributed by atoms with Crippen LogP contribution >= 0.6 is 15.6 Å². The summed E-state index contributed by atoms with van der Waals surface area (Å²) in [6.45, 7) is 1.28. The second-order valence-electron chi connectivity index (χ2n) is 10.8. The Morgan fingerprint density at radius 3 is 2.29 bits per heavy atom. The Kier molecular flexibility index (Phi) is 19.7. The van der Waals surface area contributed by atoms with Gasteiger partial charge in [0.2, 0.25) is 5.91 Å². The molecule has 24 nitrogen and oxygen atoms in total. The van der Waals surface area contributed by atoms with Crippen LogP contribution in [-0.2, 0) is 51.0 Å². The second-order valence-corrected chi connectivity index (χ2v) is 13.8. The largest absolute Gasteiger partial charge is 1.00 e. The molecule has 2 unspecified atom stereocenters. The third-order valence-electron chi connectivity index (χ3n) is 7.06. The van der Waals surface area contributed by atoms with E-state index < -0.39 is 126 Å². The van der Waals surface area contributed by atoms with Crippen molar-refractivity contribution in [2.75, 3.05) is 20.3 Å². The zero-order chi connectivity index (χ0) is 37.7. The maximum Gasteiger partial charge on any atom is 1.00 e. The van der Waals surface area contributed by atoms with Gasteiger partial charge < -0.3 is 64.7 Å². The molecule has 1 aromatic rings. The zero-order valence-electron chi connectivity index (χ0n) is 28.6. The normalized spacial score (nSPS) is 31.1. The van der Waals surface area contributed by atoms with Gasteiger partial charge >= 0.3 is 86.4 Å². The fourth-order valence-corrected chi connectivity index (χ4v) is 6.83. The number of carbonyl (C=O) groups is 2. The summed E-state index contributed by atoms with van der Waals surface area (Å²) in [5.74, 6) is -3.61. The van der Waals surface area contributed by atoms with Crippen LogP contribution in [0, 0.1) is 0 Å². The van der Waals surface area contributed by atoms with Crippen LogP contribution in [0.5, 0.6) is 5.88 Å². The average molecular weight is 808 g/mol. The molecule has 0 spiro atoms. The minimum atomic E-state index is -5.81. The van der Waals surface area contributed by atoms with E-state index in [1.54, 1.807) is 0 Å². The quantitative estimate of drug-likeness (QED) is 0.0284. The first kappa shape index (κ1) is 49.1. The number of amides is 1. The third kappa shape index (κ3) is 13.1. The summed E-state index contributed by atoms with van der Waals surface area (Å²) in [7, 11) is -10.4. The number of aliphatic hydroxyl groups is 4. The smallest absolute Gasteiger partial charge is 0.862 e. The number of esters is 1. The van der Waals surface area contributed by atoms with Crippen molar-refractivity contribution < 1.29 is 151 Å². The number of hydrogen-bond acceptors (Lipinski definition) is 20. The van der Waals surface area contributed by atoms with Crippen LogP contribution in [0.15, 0.2) is 22.1 Å². The number of aromatic nitrogens is 2. The molecule has 2 aliphatic rings. The number of aliphatic hydroxyl groups excluding tert-OH is 4. The van der Waals surface area contributed by atoms with Crippen LogP contribution < -0.4 is 80.3 Å². The van der Waals surface area contributed by atoms with Crippen molar-refractivity contribution >= 4 is 33.4 Å². The summed E-state index contributed by atoms with van der Waals surface area (Å²) in [4.78, 5) is 63.6. The van der Waals surface area contributed by atoms with E-state index in [9.17, 15) is 63.9 Å². The van der Waals surface area contributed by atoms with Gasteiger partial charge in [0.15, 0.2) is 12.5 Å². The first-order valence-electron chi connectivity index (χ1n) is 14.4. The molecule has 1 amide bonds. The molecule has 3 heterocycles. The van der Waals surface area contributed by atoms with Crippen LogP contribution in [0.3, 0.4) is 0 Å². The molecule has 52 heavy (non-hydrogen) atoms. The Balaban J connectivity index is 0.00000676. The van der Waals surface area contributed by atoms with Crippen molar-refractivity contribution in [3.8, 4) is 5.88 Å². The molecular formula is C24H36N4Na2O20P2. The van der Waals surface area contributed by atoms with E-state index in [0.717, 1.165) is 26.3 Å². The SMILES string of the molecule is COC(=O)[C@H](C)NC(=O)[C@@H](C)O[C@H]1[C@H](O)[C@@H](CO)O[C@H](OP(=O)(O)OP(=O)(O)OC[C@H]2O[C@@H](n3ccc([O-])nc3=O)[C@H](O)[C@@H]2O)[C@@H]1N=C(C)[O-].[Na+].[Na+]. The first-order valence-corrected chi connectivity index (χ1v) is 17.4. The van der Waals surface area contributed by atoms with Gasteiger partial charge in [0.1, 0.15) is 54.8 Å². The summed E-state index contributed by atoms with van der Waals surface area (Å²) < 4.78 is 60.6. The van der Waals surface area contributed by atoms with E-state index in [1.165, 1.54) is 13.8 Å². The number of phosphoric ester groups is 2. The molecule has 3 rings (SSSR count). The maximum absolute atomic E-state index is 12.9. The molecular weight excluding hydrogens is 772 g/mol. The molecule has 0 aliphatic carbocycles. The number of ether oxygens (including phenoxy) is 4. The number of methoxy groups -OCH3 is 1. The molecule has 0 radical (unpaired) electrons. The van der Waals surface area contributed by atoms with Crippen LogP contribution in [0.2, 0.25) is 0 Å². The molecule has 1 aromatic heterocycles. The number of nitrogens with zero attached hydrogens (tertiary/aromatic N) is 3. The van der Waals surface area contributed by atoms with Gasteiger partial charge in [-0.25, -0.2) is 23.7 Å². The molecule has 284 valence electrons. The number of phosphoric acid groups is 2. The Morgan fingerprint density at radius 2 is 1.73 bits per heavy atom. The molecule has 2 saturated heterocycles. The number of rotatable bonds is 15. The van der Waals surface area contributed by atoms with Crippen LogP contribution in [0.25, 0.3) is 0 Å². The Bertz CT molecular complexity index is 1550. The van der Waals surface area contributed by atoms with Crippen molar-refractivity contribution in [1.82, 2.24) is 14.9 Å². The third-order valence-corrected chi connectivity index (χ3v) is 9.66. The second kappa shape index (κ2) is 20.8. The van der Waals surface area contributed by atoms with E-state index in [1.807, 2.05) is 0 Å². The molecule has 7 N–H and O–H groups in total. The fraction of sp³-hybridized carbons (Fsp3) is 0.708. The van der Waals surface area contributed by atoms with Crippen LogP contribution in [0.1, 0.15) is 27.0 Å². The summed E-state index contributed by atoms with van der Waals surface area (Å²) in [6.07, 6.45) is -15.2. The van der Waals surface area contributed by atoms with Crippen molar-refractivity contribution in [2.45, 2.75) is 88.1 Å². The van der Waals surface area contributed by atoms with Crippen molar-refractivity contribution in [1.29, 1.82) is 0 Å². The summed E-state index contributed by atoms with van der Waals surface area (Å²) >= 11 is 0. The number of carbonyl (C=O) groups excluding carboxylic acids is 2. The van der Waals surface area contributed by atoms with E-state index in [0.29, 0.717) is 4.57 Å². The summed E-state index contributed by atoms with van der Waals surface area (Å²) in [5, 5.41) is 66.7. The molecule has 0 aromatic carbocycles. The molecule has 0 saturated carbocycles. The van der Waals surface area contributed by atoms with Crippen molar-refractivity contribution in [3.63, 3.8) is 0 Å². The van der Waals surface area contributed by atoms with Gasteiger partial charge in [-0.1, -0.05) is 0 Å². The van der Waals surface area contributed by atoms with E-state index in [2.05, 4.69) is 28.9 Å². The Morgan fingerprint density at radius 1 is 1.10 bits per heavy atom. The monoisotopic (exact) mass is 808 g/mol. The van der Waals surface area contributed by atoms with Crippen molar-refractivity contribution in [2.24, 2.45) is 4.99 Å². The van der Waals surface area contributed by atoms with Gasteiger partial charge in [0.25, 0.3) is 0 Å². The predicted molar refractivity (Wildman–Crippen MR) is 154 cm³/mol. The van der Waals surface area contributed by atoms with Gasteiger partial charge in [0.05, 0.1) is 20.3 Å². The van der Waals surface area contributed by atoms with E-state index >= 15 is 0 Å². The molecule has 2 fully saturated rings. The van der Waals surface area contributed by atoms with E-state index in [-0.39, 0.29) is 59.1 Å². The van der Waals surface area contributed by atoms with Gasteiger partial charge in [-0.15, -0.1) is 0 Å². The van der Waals surface area contributed by atoms with Gasteiger partial charge in [-0.2, -0.15) is 4.31 Å². The minimum absolute atomic E-state index is 0. The Labute approximate surface area is 338 Å². The fourth-order valence-electron chi connectivity index (χ4n) is 4.67. The first-order chi connectivity index (χ1) is 23.2. The number of hydrogen-bond donors (Lipinski definition) is 7. The summed E-state index contributed by atoms with van der Waals surface area (Å²) in [5.41, 5.74) is -1.15. The predicted octanol–water partition coefficient (Wildman–Crippen LogP) is -11.1. The Hall–Kier alpha value is -0.930.